The number of ketones is 1. The zero-order valence-corrected chi connectivity index (χ0v) is 11.5. The SMILES string of the molecule is NC(=O)CN(CC(N)=O)CC(=O)c1ccc2c(c1)CCO2. The molecule has 7 heteroatoms. The van der Waals surface area contributed by atoms with Gasteiger partial charge in [0.1, 0.15) is 5.75 Å². The van der Waals surface area contributed by atoms with Crippen LogP contribution in [0.15, 0.2) is 18.2 Å². The molecule has 0 unspecified atom stereocenters. The first-order chi connectivity index (χ1) is 9.95. The maximum absolute atomic E-state index is 12.2. The van der Waals surface area contributed by atoms with Gasteiger partial charge in [0.2, 0.25) is 11.8 Å². The number of primary amides is 2. The smallest absolute Gasteiger partial charge is 0.231 e. The van der Waals surface area contributed by atoms with Crippen LogP contribution in [0.2, 0.25) is 0 Å². The Morgan fingerprint density at radius 2 is 1.76 bits per heavy atom. The first-order valence-corrected chi connectivity index (χ1v) is 6.53. The molecule has 1 heterocycles. The van der Waals surface area contributed by atoms with Crippen molar-refractivity contribution in [2.45, 2.75) is 6.42 Å². The summed E-state index contributed by atoms with van der Waals surface area (Å²) in [5, 5.41) is 0. The van der Waals surface area contributed by atoms with Gasteiger partial charge in [-0.2, -0.15) is 0 Å². The summed E-state index contributed by atoms with van der Waals surface area (Å²) in [6.45, 7) is 0.138. The third-order valence-electron chi connectivity index (χ3n) is 3.14. The second kappa shape index (κ2) is 6.36. The lowest BCUT2D eigenvalue weighted by Gasteiger charge is -2.18. The number of hydrogen-bond donors (Lipinski definition) is 2. The number of hydrogen-bond acceptors (Lipinski definition) is 5. The monoisotopic (exact) mass is 291 g/mol. The quantitative estimate of drug-likeness (QED) is 0.630. The van der Waals surface area contributed by atoms with E-state index in [0.29, 0.717) is 12.2 Å². The molecule has 7 nitrogen and oxygen atoms in total. The molecule has 21 heavy (non-hydrogen) atoms. The summed E-state index contributed by atoms with van der Waals surface area (Å²) < 4.78 is 5.38. The number of fused-ring (bicyclic) bond motifs is 1. The lowest BCUT2D eigenvalue weighted by Crippen LogP contribution is -2.42. The number of Topliss-reactive ketones (excluding diaryl/α,β-unsaturated/α-hetero) is 1. The average molecular weight is 291 g/mol. The number of benzene rings is 1. The van der Waals surface area contributed by atoms with E-state index in [1.165, 1.54) is 4.90 Å². The lowest BCUT2D eigenvalue weighted by atomic mass is 10.1. The van der Waals surface area contributed by atoms with Crippen molar-refractivity contribution in [2.75, 3.05) is 26.2 Å². The topological polar surface area (TPSA) is 116 Å². The molecule has 1 aliphatic heterocycles. The van der Waals surface area contributed by atoms with Gasteiger partial charge in [0, 0.05) is 12.0 Å². The minimum atomic E-state index is -0.619. The molecule has 0 saturated heterocycles. The van der Waals surface area contributed by atoms with Crippen molar-refractivity contribution in [3.63, 3.8) is 0 Å². The van der Waals surface area contributed by atoms with Crippen LogP contribution in [0.1, 0.15) is 15.9 Å². The molecule has 2 amide bonds. The fourth-order valence-electron chi connectivity index (χ4n) is 2.26. The Hall–Kier alpha value is -2.41. The van der Waals surface area contributed by atoms with E-state index in [-0.39, 0.29) is 25.4 Å². The Morgan fingerprint density at radius 1 is 1.10 bits per heavy atom. The molecule has 0 spiro atoms. The average Bonchev–Trinajstić information content (AvgIpc) is 2.83. The molecule has 0 bridgehead atoms. The Labute approximate surface area is 121 Å². The van der Waals surface area contributed by atoms with E-state index in [1.54, 1.807) is 18.2 Å². The molecule has 1 aromatic carbocycles. The molecule has 0 radical (unpaired) electrons. The number of amides is 2. The highest BCUT2D eigenvalue weighted by atomic mass is 16.5. The minimum Gasteiger partial charge on any atom is -0.493 e. The van der Waals surface area contributed by atoms with Crippen molar-refractivity contribution in [1.82, 2.24) is 4.90 Å². The van der Waals surface area contributed by atoms with E-state index in [1.807, 2.05) is 0 Å². The van der Waals surface area contributed by atoms with E-state index in [2.05, 4.69) is 0 Å². The molecule has 0 saturated carbocycles. The van der Waals surface area contributed by atoms with Gasteiger partial charge in [-0.25, -0.2) is 0 Å². The van der Waals surface area contributed by atoms with Gasteiger partial charge in [-0.05, 0) is 23.8 Å². The van der Waals surface area contributed by atoms with Gasteiger partial charge in [0.05, 0.1) is 26.2 Å². The van der Waals surface area contributed by atoms with Crippen LogP contribution in [0.3, 0.4) is 0 Å². The number of carbonyl (C=O) groups is 3. The number of nitrogens with zero attached hydrogens (tertiary/aromatic N) is 1. The van der Waals surface area contributed by atoms with Gasteiger partial charge in [-0.3, -0.25) is 19.3 Å². The minimum absolute atomic E-state index is 0.0917. The van der Waals surface area contributed by atoms with Crippen LogP contribution >= 0.6 is 0 Å². The first-order valence-electron chi connectivity index (χ1n) is 6.53. The van der Waals surface area contributed by atoms with Gasteiger partial charge < -0.3 is 16.2 Å². The highest BCUT2D eigenvalue weighted by molar-refractivity contribution is 5.98. The molecule has 0 atom stereocenters. The summed E-state index contributed by atoms with van der Waals surface area (Å²) in [5.74, 6) is -0.650. The second-order valence-corrected chi connectivity index (χ2v) is 4.92. The highest BCUT2D eigenvalue weighted by Crippen LogP contribution is 2.26. The van der Waals surface area contributed by atoms with Crippen molar-refractivity contribution >= 4 is 17.6 Å². The van der Waals surface area contributed by atoms with Gasteiger partial charge in [0.15, 0.2) is 5.78 Å². The van der Waals surface area contributed by atoms with Crippen LogP contribution < -0.4 is 16.2 Å². The standard InChI is InChI=1S/C14H17N3O4/c15-13(19)7-17(8-14(16)20)6-11(18)9-1-2-12-10(5-9)3-4-21-12/h1-2,5H,3-4,6-8H2,(H2,15,19)(H2,16,20). The summed E-state index contributed by atoms with van der Waals surface area (Å²) in [4.78, 5) is 35.5. The Balaban J connectivity index is 2.07. The number of nitrogens with two attached hydrogens (primary N) is 2. The molecule has 4 N–H and O–H groups in total. The molecule has 0 fully saturated rings. The Bertz CT molecular complexity index is 570. The molecular formula is C14H17N3O4. The zero-order valence-electron chi connectivity index (χ0n) is 11.5. The molecule has 2 rings (SSSR count). The predicted octanol–water partition coefficient (Wildman–Crippen LogP) is -0.923. The van der Waals surface area contributed by atoms with Crippen molar-refractivity contribution in [1.29, 1.82) is 0 Å². The Kier molecular flexibility index (Phi) is 4.54. The van der Waals surface area contributed by atoms with Crippen LogP contribution in [0.25, 0.3) is 0 Å². The largest absolute Gasteiger partial charge is 0.493 e. The van der Waals surface area contributed by atoms with E-state index in [9.17, 15) is 14.4 Å². The Morgan fingerprint density at radius 3 is 2.38 bits per heavy atom. The summed E-state index contributed by atoms with van der Waals surface area (Å²) in [7, 11) is 0. The van der Waals surface area contributed by atoms with E-state index in [0.717, 1.165) is 17.7 Å². The first kappa shape index (κ1) is 15.0. The maximum Gasteiger partial charge on any atom is 0.231 e. The van der Waals surface area contributed by atoms with Crippen LogP contribution in [-0.4, -0.2) is 48.7 Å². The number of rotatable bonds is 7. The van der Waals surface area contributed by atoms with Crippen LogP contribution in [0.4, 0.5) is 0 Å². The van der Waals surface area contributed by atoms with E-state index in [4.69, 9.17) is 16.2 Å². The summed E-state index contributed by atoms with van der Waals surface area (Å²) in [5.41, 5.74) is 11.7. The highest BCUT2D eigenvalue weighted by Gasteiger charge is 2.19. The van der Waals surface area contributed by atoms with Gasteiger partial charge in [-0.15, -0.1) is 0 Å². The molecule has 0 aromatic heterocycles. The van der Waals surface area contributed by atoms with Crippen LogP contribution in [0.5, 0.6) is 5.75 Å². The van der Waals surface area contributed by atoms with Crippen LogP contribution in [0, 0.1) is 0 Å². The van der Waals surface area contributed by atoms with Gasteiger partial charge in [-0.1, -0.05) is 0 Å². The fraction of sp³-hybridized carbons (Fsp3) is 0.357. The molecule has 112 valence electrons. The number of carbonyl (C=O) groups excluding carboxylic acids is 3. The summed E-state index contributed by atoms with van der Waals surface area (Å²) >= 11 is 0. The molecule has 0 aliphatic carbocycles. The van der Waals surface area contributed by atoms with Gasteiger partial charge >= 0.3 is 0 Å². The van der Waals surface area contributed by atoms with E-state index < -0.39 is 11.8 Å². The number of ether oxygens (including phenoxy) is 1. The van der Waals surface area contributed by atoms with Crippen molar-refractivity contribution < 1.29 is 19.1 Å². The van der Waals surface area contributed by atoms with Crippen molar-refractivity contribution in [3.05, 3.63) is 29.3 Å². The zero-order chi connectivity index (χ0) is 15.4. The fourth-order valence-corrected chi connectivity index (χ4v) is 2.26. The summed E-state index contributed by atoms with van der Waals surface area (Å²) in [6.07, 6.45) is 0.767. The maximum atomic E-state index is 12.2. The van der Waals surface area contributed by atoms with Crippen LogP contribution in [-0.2, 0) is 16.0 Å². The third-order valence-corrected chi connectivity index (χ3v) is 3.14. The van der Waals surface area contributed by atoms with Crippen molar-refractivity contribution in [3.8, 4) is 5.75 Å². The predicted molar refractivity (Wildman–Crippen MR) is 74.8 cm³/mol. The normalized spacial score (nSPS) is 12.8. The molecule has 1 aliphatic rings. The lowest BCUT2D eigenvalue weighted by molar-refractivity contribution is -0.121. The van der Waals surface area contributed by atoms with Gasteiger partial charge in [0.25, 0.3) is 0 Å². The molecule has 1 aromatic rings. The van der Waals surface area contributed by atoms with Crippen molar-refractivity contribution in [2.24, 2.45) is 11.5 Å². The summed E-state index contributed by atoms with van der Waals surface area (Å²) in [6, 6.07) is 5.19. The third kappa shape index (κ3) is 4.03. The second-order valence-electron chi connectivity index (χ2n) is 4.92. The molecular weight excluding hydrogens is 274 g/mol. The van der Waals surface area contributed by atoms with E-state index >= 15 is 0 Å².